The maximum absolute atomic E-state index is 13.4. The maximum atomic E-state index is 13.4. The zero-order chi connectivity index (χ0) is 24.0. The Balaban J connectivity index is 1.42. The number of hydrogen-bond donors (Lipinski definition) is 1. The van der Waals surface area contributed by atoms with Crippen LogP contribution in [0.4, 0.5) is 0 Å². The van der Waals surface area contributed by atoms with Crippen LogP contribution in [-0.4, -0.2) is 32.6 Å². The summed E-state index contributed by atoms with van der Waals surface area (Å²) in [6.45, 7) is 1.04. The molecule has 2 aromatic heterocycles. The molecule has 0 radical (unpaired) electrons. The molecule has 0 saturated heterocycles. The summed E-state index contributed by atoms with van der Waals surface area (Å²) in [6.07, 6.45) is 5.46. The molecule has 0 aliphatic heterocycles. The first-order valence-corrected chi connectivity index (χ1v) is 11.3. The summed E-state index contributed by atoms with van der Waals surface area (Å²) in [5.74, 6) is 0.558. The number of hydrogen-bond acceptors (Lipinski definition) is 4. The van der Waals surface area contributed by atoms with Gasteiger partial charge in [-0.05, 0) is 53.6 Å². The highest BCUT2D eigenvalue weighted by Crippen LogP contribution is 2.26. The molecule has 5 aromatic rings. The summed E-state index contributed by atoms with van der Waals surface area (Å²) < 4.78 is 8.89. The van der Waals surface area contributed by atoms with E-state index in [0.717, 1.165) is 28.1 Å². The zero-order valence-electron chi connectivity index (χ0n) is 19.3. The van der Waals surface area contributed by atoms with Gasteiger partial charge < -0.3 is 10.1 Å². The van der Waals surface area contributed by atoms with E-state index in [1.807, 2.05) is 89.7 Å². The highest BCUT2D eigenvalue weighted by atomic mass is 16.5. The minimum atomic E-state index is -0.188. The molecule has 0 aliphatic carbocycles. The lowest BCUT2D eigenvalue weighted by molar-refractivity contribution is 0.0951. The van der Waals surface area contributed by atoms with Crippen LogP contribution in [0.2, 0.25) is 0 Å². The van der Waals surface area contributed by atoms with E-state index in [1.165, 1.54) is 0 Å². The quantitative estimate of drug-likeness (QED) is 0.361. The Morgan fingerprint density at radius 1 is 0.914 bits per heavy atom. The van der Waals surface area contributed by atoms with Crippen LogP contribution in [0, 0.1) is 0 Å². The van der Waals surface area contributed by atoms with Crippen LogP contribution in [0.5, 0.6) is 5.75 Å². The van der Waals surface area contributed by atoms with Gasteiger partial charge in [-0.1, -0.05) is 42.5 Å². The molecule has 0 aliphatic rings. The van der Waals surface area contributed by atoms with Gasteiger partial charge >= 0.3 is 0 Å². The molecular formula is C28H25N5O2. The van der Waals surface area contributed by atoms with Crippen molar-refractivity contribution in [1.29, 1.82) is 0 Å². The second-order valence-electron chi connectivity index (χ2n) is 8.06. The smallest absolute Gasteiger partial charge is 0.255 e. The van der Waals surface area contributed by atoms with Gasteiger partial charge in [0.2, 0.25) is 0 Å². The molecule has 0 atom stereocenters. The Morgan fingerprint density at radius 3 is 2.37 bits per heavy atom. The fraction of sp³-hybridized carbons (Fsp3) is 0.107. The van der Waals surface area contributed by atoms with Crippen molar-refractivity contribution in [2.24, 2.45) is 0 Å². The molecule has 35 heavy (non-hydrogen) atoms. The lowest BCUT2D eigenvalue weighted by atomic mass is 10.1. The van der Waals surface area contributed by atoms with Crippen molar-refractivity contribution in [3.8, 4) is 22.7 Å². The van der Waals surface area contributed by atoms with E-state index in [4.69, 9.17) is 9.84 Å². The molecule has 1 N–H and O–H groups in total. The zero-order valence-corrected chi connectivity index (χ0v) is 19.3. The topological polar surface area (TPSA) is 74.0 Å². The van der Waals surface area contributed by atoms with E-state index in [0.29, 0.717) is 24.3 Å². The van der Waals surface area contributed by atoms with E-state index in [2.05, 4.69) is 16.5 Å². The Kier molecular flexibility index (Phi) is 6.39. The standard InChI is InChI=1S/C28H25N5O2/c1-35-25-14-12-21(13-15-25)27-26(20-33(31-27)24-10-3-2-4-11-24)28(34)29-18-22-8-5-6-9-23(22)19-32-17-7-16-30-32/h2-17,20H,18-19H2,1H3,(H,29,34). The molecule has 3 aromatic carbocycles. The summed E-state index contributed by atoms with van der Waals surface area (Å²) in [6, 6.07) is 27.3. The molecule has 0 bridgehead atoms. The van der Waals surface area contributed by atoms with Crippen molar-refractivity contribution in [3.05, 3.63) is 120 Å². The second kappa shape index (κ2) is 10.1. The number of para-hydroxylation sites is 1. The first-order valence-electron chi connectivity index (χ1n) is 11.3. The molecule has 1 amide bonds. The SMILES string of the molecule is COc1ccc(-c2nn(-c3ccccc3)cc2C(=O)NCc2ccccc2Cn2cccn2)cc1. The van der Waals surface area contributed by atoms with Gasteiger partial charge in [0.05, 0.1) is 24.9 Å². The predicted octanol–water partition coefficient (Wildman–Crippen LogP) is 4.72. The Bertz CT molecular complexity index is 1410. The van der Waals surface area contributed by atoms with Gasteiger partial charge in [0.1, 0.15) is 11.4 Å². The number of benzene rings is 3. The Labute approximate surface area is 203 Å². The minimum absolute atomic E-state index is 0.188. The van der Waals surface area contributed by atoms with Crippen molar-refractivity contribution >= 4 is 5.91 Å². The van der Waals surface area contributed by atoms with Crippen LogP contribution in [0.1, 0.15) is 21.5 Å². The first kappa shape index (κ1) is 22.2. The van der Waals surface area contributed by atoms with Gasteiger partial charge in [0, 0.05) is 30.7 Å². The molecule has 0 unspecified atom stereocenters. The van der Waals surface area contributed by atoms with E-state index in [9.17, 15) is 4.79 Å². The molecule has 7 nitrogen and oxygen atoms in total. The largest absolute Gasteiger partial charge is 0.497 e. The average molecular weight is 464 g/mol. The third kappa shape index (κ3) is 4.99. The van der Waals surface area contributed by atoms with Crippen molar-refractivity contribution in [2.45, 2.75) is 13.1 Å². The number of ether oxygens (including phenoxy) is 1. The van der Waals surface area contributed by atoms with Gasteiger partial charge in [0.15, 0.2) is 0 Å². The number of amides is 1. The average Bonchev–Trinajstić information content (AvgIpc) is 3.59. The molecule has 174 valence electrons. The number of nitrogens with zero attached hydrogens (tertiary/aromatic N) is 4. The second-order valence-corrected chi connectivity index (χ2v) is 8.06. The lowest BCUT2D eigenvalue weighted by Gasteiger charge is -2.11. The number of aromatic nitrogens is 4. The summed E-state index contributed by atoms with van der Waals surface area (Å²) in [4.78, 5) is 13.4. The molecule has 2 heterocycles. The summed E-state index contributed by atoms with van der Waals surface area (Å²) in [5, 5.41) is 12.1. The Morgan fingerprint density at radius 2 is 1.66 bits per heavy atom. The highest BCUT2D eigenvalue weighted by Gasteiger charge is 2.19. The maximum Gasteiger partial charge on any atom is 0.255 e. The fourth-order valence-electron chi connectivity index (χ4n) is 3.94. The number of rotatable bonds is 8. The van der Waals surface area contributed by atoms with Crippen molar-refractivity contribution in [2.75, 3.05) is 7.11 Å². The predicted molar refractivity (Wildman–Crippen MR) is 134 cm³/mol. The molecule has 5 rings (SSSR count). The van der Waals surface area contributed by atoms with Gasteiger partial charge in [-0.3, -0.25) is 9.48 Å². The van der Waals surface area contributed by atoms with Crippen LogP contribution in [-0.2, 0) is 13.1 Å². The normalized spacial score (nSPS) is 10.8. The first-order chi connectivity index (χ1) is 17.2. The Hall–Kier alpha value is -4.65. The highest BCUT2D eigenvalue weighted by molar-refractivity contribution is 6.00. The van der Waals surface area contributed by atoms with Crippen LogP contribution in [0.25, 0.3) is 16.9 Å². The van der Waals surface area contributed by atoms with Gasteiger partial charge in [-0.15, -0.1) is 0 Å². The van der Waals surface area contributed by atoms with Gasteiger partial charge in [0.25, 0.3) is 5.91 Å². The van der Waals surface area contributed by atoms with E-state index in [1.54, 1.807) is 24.2 Å². The fourth-order valence-corrected chi connectivity index (χ4v) is 3.94. The van der Waals surface area contributed by atoms with E-state index in [-0.39, 0.29) is 5.91 Å². The van der Waals surface area contributed by atoms with Crippen LogP contribution < -0.4 is 10.1 Å². The number of methoxy groups -OCH3 is 1. The number of carbonyl (C=O) groups is 1. The van der Waals surface area contributed by atoms with E-state index >= 15 is 0 Å². The van der Waals surface area contributed by atoms with Gasteiger partial charge in [-0.25, -0.2) is 4.68 Å². The lowest BCUT2D eigenvalue weighted by Crippen LogP contribution is -2.24. The number of nitrogens with one attached hydrogen (secondary N) is 1. The van der Waals surface area contributed by atoms with Crippen molar-refractivity contribution < 1.29 is 9.53 Å². The molecule has 0 fully saturated rings. The van der Waals surface area contributed by atoms with Crippen LogP contribution in [0.15, 0.2) is 104 Å². The number of carbonyl (C=O) groups excluding carboxylic acids is 1. The van der Waals surface area contributed by atoms with Crippen molar-refractivity contribution in [3.63, 3.8) is 0 Å². The summed E-state index contributed by atoms with van der Waals surface area (Å²) >= 11 is 0. The summed E-state index contributed by atoms with van der Waals surface area (Å²) in [5.41, 5.74) is 4.97. The molecule has 7 heteroatoms. The third-order valence-electron chi connectivity index (χ3n) is 5.79. The molecular weight excluding hydrogens is 438 g/mol. The monoisotopic (exact) mass is 463 g/mol. The third-order valence-corrected chi connectivity index (χ3v) is 5.79. The van der Waals surface area contributed by atoms with Crippen LogP contribution >= 0.6 is 0 Å². The molecule has 0 spiro atoms. The minimum Gasteiger partial charge on any atom is -0.497 e. The van der Waals surface area contributed by atoms with Gasteiger partial charge in [-0.2, -0.15) is 10.2 Å². The van der Waals surface area contributed by atoms with Crippen molar-refractivity contribution in [1.82, 2.24) is 24.9 Å². The summed E-state index contributed by atoms with van der Waals surface area (Å²) in [7, 11) is 1.63. The molecule has 0 saturated carbocycles. The van der Waals surface area contributed by atoms with E-state index < -0.39 is 0 Å². The van der Waals surface area contributed by atoms with Crippen LogP contribution in [0.3, 0.4) is 0 Å².